The summed E-state index contributed by atoms with van der Waals surface area (Å²) < 4.78 is 0. The first-order valence-corrected chi connectivity index (χ1v) is 8.13. The Bertz CT molecular complexity index is 344. The molecule has 2 rings (SSSR count). The van der Waals surface area contributed by atoms with Crippen molar-refractivity contribution in [1.29, 1.82) is 0 Å². The fourth-order valence-corrected chi connectivity index (χ4v) is 3.59. The molecule has 0 aromatic rings. The molecule has 0 spiro atoms. The number of aliphatic carboxylic acids is 1. The Morgan fingerprint density at radius 3 is 2.15 bits per heavy atom. The zero-order chi connectivity index (χ0) is 14.5. The maximum Gasteiger partial charge on any atom is 0.308 e. The van der Waals surface area contributed by atoms with Crippen LogP contribution in [0.5, 0.6) is 0 Å². The highest BCUT2D eigenvalue weighted by Gasteiger charge is 2.33. The first kappa shape index (κ1) is 15.3. The van der Waals surface area contributed by atoms with Gasteiger partial charge in [-0.05, 0) is 25.7 Å². The number of carbonyl (C=O) groups is 2. The summed E-state index contributed by atoms with van der Waals surface area (Å²) in [5.74, 6) is -0.900. The molecule has 0 aromatic heterocycles. The van der Waals surface area contributed by atoms with Crippen LogP contribution in [-0.2, 0) is 9.59 Å². The molecule has 2 fully saturated rings. The predicted molar refractivity (Wildman–Crippen MR) is 77.3 cm³/mol. The van der Waals surface area contributed by atoms with Gasteiger partial charge in [-0.3, -0.25) is 9.59 Å². The number of hydrogen-bond donors (Lipinski definition) is 1. The van der Waals surface area contributed by atoms with Crippen molar-refractivity contribution in [3.63, 3.8) is 0 Å². The van der Waals surface area contributed by atoms with Gasteiger partial charge in [0, 0.05) is 18.5 Å². The Hall–Kier alpha value is -1.06. The van der Waals surface area contributed by atoms with Gasteiger partial charge >= 0.3 is 5.97 Å². The lowest BCUT2D eigenvalue weighted by Crippen LogP contribution is -2.46. The van der Waals surface area contributed by atoms with Gasteiger partial charge in [-0.25, -0.2) is 0 Å². The molecule has 20 heavy (non-hydrogen) atoms. The van der Waals surface area contributed by atoms with Crippen molar-refractivity contribution in [1.82, 2.24) is 4.90 Å². The van der Waals surface area contributed by atoms with Crippen LogP contribution in [-0.4, -0.2) is 34.5 Å². The van der Waals surface area contributed by atoms with Gasteiger partial charge < -0.3 is 10.0 Å². The molecule has 0 bridgehead atoms. The van der Waals surface area contributed by atoms with Crippen LogP contribution in [0.1, 0.15) is 64.7 Å². The van der Waals surface area contributed by atoms with Crippen molar-refractivity contribution in [2.75, 3.05) is 6.54 Å². The molecule has 0 radical (unpaired) electrons. The number of nitrogens with zero attached hydrogens (tertiary/aromatic N) is 1. The Morgan fingerprint density at radius 1 is 1.05 bits per heavy atom. The van der Waals surface area contributed by atoms with Crippen LogP contribution in [0.15, 0.2) is 0 Å². The third kappa shape index (κ3) is 3.74. The number of carboxylic acids is 1. The fourth-order valence-electron chi connectivity index (χ4n) is 3.59. The van der Waals surface area contributed by atoms with E-state index >= 15 is 0 Å². The number of amides is 1. The number of hydrogen-bond acceptors (Lipinski definition) is 2. The number of carboxylic acid groups (broad SMARTS) is 1. The lowest BCUT2D eigenvalue weighted by Gasteiger charge is -2.34. The van der Waals surface area contributed by atoms with Gasteiger partial charge in [0.15, 0.2) is 0 Å². The summed E-state index contributed by atoms with van der Waals surface area (Å²) in [6.07, 6.45) is 9.93. The van der Waals surface area contributed by atoms with Crippen molar-refractivity contribution in [3.05, 3.63) is 0 Å². The summed E-state index contributed by atoms with van der Waals surface area (Å²) in [7, 11) is 0. The van der Waals surface area contributed by atoms with E-state index in [1.165, 1.54) is 19.3 Å². The average molecular weight is 281 g/mol. The normalized spacial score (nSPS) is 22.6. The standard InChI is InChI=1S/C16H27NO3/c1-12(16(19)20)11-17(14-9-5-6-10-14)15(18)13-7-3-2-4-8-13/h12-14H,2-11H2,1H3,(H,19,20). The van der Waals surface area contributed by atoms with Crippen LogP contribution in [0.3, 0.4) is 0 Å². The second-order valence-corrected chi connectivity index (χ2v) is 6.50. The topological polar surface area (TPSA) is 57.6 Å². The molecule has 1 atom stereocenters. The van der Waals surface area contributed by atoms with E-state index in [-0.39, 0.29) is 17.9 Å². The minimum absolute atomic E-state index is 0.144. The smallest absolute Gasteiger partial charge is 0.308 e. The summed E-state index contributed by atoms with van der Waals surface area (Å²) >= 11 is 0. The van der Waals surface area contributed by atoms with E-state index in [9.17, 15) is 9.59 Å². The minimum Gasteiger partial charge on any atom is -0.481 e. The molecule has 1 unspecified atom stereocenters. The van der Waals surface area contributed by atoms with Gasteiger partial charge in [0.25, 0.3) is 0 Å². The molecule has 1 amide bonds. The molecule has 4 nitrogen and oxygen atoms in total. The third-order valence-electron chi connectivity index (χ3n) is 4.90. The third-order valence-corrected chi connectivity index (χ3v) is 4.90. The predicted octanol–water partition coefficient (Wildman–Crippen LogP) is 3.06. The highest BCUT2D eigenvalue weighted by Crippen LogP contribution is 2.30. The maximum absolute atomic E-state index is 12.8. The van der Waals surface area contributed by atoms with Gasteiger partial charge in [0.05, 0.1) is 5.92 Å². The number of rotatable bonds is 5. The molecule has 0 saturated heterocycles. The Morgan fingerprint density at radius 2 is 1.60 bits per heavy atom. The summed E-state index contributed by atoms with van der Waals surface area (Å²) in [5, 5.41) is 9.13. The van der Waals surface area contributed by atoms with E-state index in [0.29, 0.717) is 6.54 Å². The van der Waals surface area contributed by atoms with Crippen LogP contribution in [0.4, 0.5) is 0 Å². The molecular formula is C16H27NO3. The van der Waals surface area contributed by atoms with Crippen LogP contribution in [0, 0.1) is 11.8 Å². The van der Waals surface area contributed by atoms with Crippen molar-refractivity contribution in [2.45, 2.75) is 70.8 Å². The Kier molecular flexibility index (Phi) is 5.44. The first-order chi connectivity index (χ1) is 9.59. The molecular weight excluding hydrogens is 254 g/mol. The summed E-state index contributed by atoms with van der Waals surface area (Å²) in [5.41, 5.74) is 0. The zero-order valence-electron chi connectivity index (χ0n) is 12.5. The fraction of sp³-hybridized carbons (Fsp3) is 0.875. The maximum atomic E-state index is 12.8. The summed E-state index contributed by atoms with van der Waals surface area (Å²) in [6, 6.07) is 0.284. The highest BCUT2D eigenvalue weighted by molar-refractivity contribution is 5.80. The van der Waals surface area contributed by atoms with Gasteiger partial charge in [0.1, 0.15) is 0 Å². The van der Waals surface area contributed by atoms with E-state index in [2.05, 4.69) is 0 Å². The lowest BCUT2D eigenvalue weighted by atomic mass is 9.87. The molecule has 0 heterocycles. The monoisotopic (exact) mass is 281 g/mol. The second-order valence-electron chi connectivity index (χ2n) is 6.50. The average Bonchev–Trinajstić information content (AvgIpc) is 2.98. The Labute approximate surface area is 121 Å². The van der Waals surface area contributed by atoms with Crippen LogP contribution in [0.2, 0.25) is 0 Å². The molecule has 2 aliphatic carbocycles. The molecule has 2 aliphatic rings. The van der Waals surface area contributed by atoms with Crippen molar-refractivity contribution >= 4 is 11.9 Å². The van der Waals surface area contributed by atoms with Gasteiger partial charge in [-0.2, -0.15) is 0 Å². The quantitative estimate of drug-likeness (QED) is 0.842. The van der Waals surface area contributed by atoms with E-state index in [1.807, 2.05) is 4.90 Å². The van der Waals surface area contributed by atoms with E-state index in [0.717, 1.165) is 38.5 Å². The zero-order valence-corrected chi connectivity index (χ0v) is 12.5. The van der Waals surface area contributed by atoms with E-state index in [1.54, 1.807) is 6.92 Å². The summed E-state index contributed by atoms with van der Waals surface area (Å²) in [6.45, 7) is 2.09. The van der Waals surface area contributed by atoms with Gasteiger partial charge in [-0.1, -0.05) is 39.0 Å². The molecule has 4 heteroatoms. The Balaban J connectivity index is 2.03. The van der Waals surface area contributed by atoms with Crippen LogP contribution in [0.25, 0.3) is 0 Å². The largest absolute Gasteiger partial charge is 0.481 e. The van der Waals surface area contributed by atoms with Crippen molar-refractivity contribution in [2.24, 2.45) is 11.8 Å². The second kappa shape index (κ2) is 7.09. The minimum atomic E-state index is -0.801. The molecule has 0 aliphatic heterocycles. The molecule has 0 aromatic carbocycles. The van der Waals surface area contributed by atoms with Crippen LogP contribution < -0.4 is 0 Å². The summed E-state index contributed by atoms with van der Waals surface area (Å²) in [4.78, 5) is 25.8. The SMILES string of the molecule is CC(CN(C(=O)C1CCCCC1)C1CCCC1)C(=O)O. The van der Waals surface area contributed by atoms with Crippen molar-refractivity contribution < 1.29 is 14.7 Å². The van der Waals surface area contributed by atoms with Gasteiger partial charge in [-0.15, -0.1) is 0 Å². The molecule has 114 valence electrons. The molecule has 2 saturated carbocycles. The van der Waals surface area contributed by atoms with Crippen LogP contribution >= 0.6 is 0 Å². The molecule has 1 N–H and O–H groups in total. The number of carbonyl (C=O) groups excluding carboxylic acids is 1. The lowest BCUT2D eigenvalue weighted by molar-refractivity contribution is -0.145. The van der Waals surface area contributed by atoms with E-state index < -0.39 is 11.9 Å². The first-order valence-electron chi connectivity index (χ1n) is 8.13. The van der Waals surface area contributed by atoms with E-state index in [4.69, 9.17) is 5.11 Å². The van der Waals surface area contributed by atoms with Crippen molar-refractivity contribution in [3.8, 4) is 0 Å². The van der Waals surface area contributed by atoms with Gasteiger partial charge in [0.2, 0.25) is 5.91 Å². The highest BCUT2D eigenvalue weighted by atomic mass is 16.4.